The molecule has 2 aliphatic rings. The third kappa shape index (κ3) is 2.77. The van der Waals surface area contributed by atoms with Crippen molar-refractivity contribution in [2.24, 2.45) is 5.92 Å². The van der Waals surface area contributed by atoms with Gasteiger partial charge >= 0.3 is 0 Å². The van der Waals surface area contributed by atoms with E-state index in [1.807, 2.05) is 36.7 Å². The molecule has 2 aliphatic carbocycles. The summed E-state index contributed by atoms with van der Waals surface area (Å²) in [6, 6.07) is 7.68. The molecule has 0 atom stereocenters. The standard InChI is InChI=1S/C20H19N5O/c21-18(12-3-4-12)26-19(22)13-5-6-17-14(9-13)15(10-24-17)20-23-8-7-16(25-20)11-1-2-11/h5-12,21-22,24H,1-4H2. The zero-order valence-corrected chi connectivity index (χ0v) is 14.2. The van der Waals surface area contributed by atoms with Crippen molar-refractivity contribution in [3.05, 3.63) is 47.9 Å². The van der Waals surface area contributed by atoms with Crippen LogP contribution in [0.15, 0.2) is 36.7 Å². The molecule has 26 heavy (non-hydrogen) atoms. The third-order valence-electron chi connectivity index (χ3n) is 5.02. The van der Waals surface area contributed by atoms with Crippen molar-refractivity contribution in [1.29, 1.82) is 10.8 Å². The van der Waals surface area contributed by atoms with Crippen LogP contribution in [-0.4, -0.2) is 26.7 Å². The lowest BCUT2D eigenvalue weighted by molar-refractivity contribution is 0.512. The van der Waals surface area contributed by atoms with Gasteiger partial charge in [0, 0.05) is 52.0 Å². The lowest BCUT2D eigenvalue weighted by atomic mass is 10.1. The zero-order chi connectivity index (χ0) is 17.7. The summed E-state index contributed by atoms with van der Waals surface area (Å²) in [6.07, 6.45) is 8.12. The molecule has 0 unspecified atom stereocenters. The highest BCUT2D eigenvalue weighted by molar-refractivity contribution is 6.04. The Bertz CT molecular complexity index is 1030. The summed E-state index contributed by atoms with van der Waals surface area (Å²) >= 11 is 0. The molecule has 3 N–H and O–H groups in total. The Labute approximate surface area is 150 Å². The Hall–Kier alpha value is -3.02. The average molecular weight is 345 g/mol. The van der Waals surface area contributed by atoms with Crippen molar-refractivity contribution in [3.63, 3.8) is 0 Å². The number of aromatic nitrogens is 3. The van der Waals surface area contributed by atoms with E-state index < -0.39 is 0 Å². The number of benzene rings is 1. The maximum Gasteiger partial charge on any atom is 0.220 e. The number of aromatic amines is 1. The van der Waals surface area contributed by atoms with E-state index in [4.69, 9.17) is 20.5 Å². The van der Waals surface area contributed by atoms with E-state index in [0.29, 0.717) is 17.3 Å². The molecule has 6 heteroatoms. The average Bonchev–Trinajstić information content (AvgIpc) is 3.56. The largest absolute Gasteiger partial charge is 0.425 e. The molecule has 6 nitrogen and oxygen atoms in total. The monoisotopic (exact) mass is 345 g/mol. The first-order chi connectivity index (χ1) is 12.7. The van der Waals surface area contributed by atoms with Crippen molar-refractivity contribution in [1.82, 2.24) is 15.0 Å². The lowest BCUT2D eigenvalue weighted by Gasteiger charge is -2.08. The Morgan fingerprint density at radius 2 is 1.96 bits per heavy atom. The molecule has 130 valence electrons. The summed E-state index contributed by atoms with van der Waals surface area (Å²) in [6.45, 7) is 0. The molecule has 0 aliphatic heterocycles. The molecule has 5 rings (SSSR count). The minimum atomic E-state index is 0.0172. The van der Waals surface area contributed by atoms with Gasteiger partial charge in [-0.25, -0.2) is 9.97 Å². The quantitative estimate of drug-likeness (QED) is 0.487. The molecule has 0 amide bonds. The van der Waals surface area contributed by atoms with Crippen LogP contribution < -0.4 is 0 Å². The first-order valence-corrected chi connectivity index (χ1v) is 8.99. The summed E-state index contributed by atoms with van der Waals surface area (Å²) in [5, 5.41) is 17.0. The number of hydrogen-bond acceptors (Lipinski definition) is 5. The van der Waals surface area contributed by atoms with Gasteiger partial charge in [-0.2, -0.15) is 0 Å². The maximum atomic E-state index is 8.18. The molecular weight excluding hydrogens is 326 g/mol. The van der Waals surface area contributed by atoms with E-state index in [9.17, 15) is 0 Å². The van der Waals surface area contributed by atoms with Crippen molar-refractivity contribution in [3.8, 4) is 11.4 Å². The van der Waals surface area contributed by atoms with Crippen LogP contribution in [0.3, 0.4) is 0 Å². The van der Waals surface area contributed by atoms with Gasteiger partial charge in [-0.1, -0.05) is 0 Å². The van der Waals surface area contributed by atoms with E-state index in [-0.39, 0.29) is 17.7 Å². The first kappa shape index (κ1) is 15.3. The SMILES string of the molecule is N=C(OC(=N)C1CC1)c1ccc2[nH]cc(-c3nccc(C4CC4)n3)c2c1. The topological polar surface area (TPSA) is 98.5 Å². The molecule has 0 spiro atoms. The third-order valence-corrected chi connectivity index (χ3v) is 5.02. The molecular formula is C20H19N5O. The fraction of sp³-hybridized carbons (Fsp3) is 0.300. The van der Waals surface area contributed by atoms with Crippen LogP contribution >= 0.6 is 0 Å². The predicted octanol–water partition coefficient (Wildman–Crippen LogP) is 4.23. The number of nitrogens with zero attached hydrogens (tertiary/aromatic N) is 2. The molecule has 0 bridgehead atoms. The number of rotatable bonds is 4. The molecule has 2 heterocycles. The minimum absolute atomic E-state index is 0.0172. The van der Waals surface area contributed by atoms with Gasteiger partial charge < -0.3 is 9.72 Å². The van der Waals surface area contributed by atoms with Gasteiger partial charge in [-0.3, -0.25) is 10.8 Å². The second-order valence-electron chi connectivity index (χ2n) is 7.11. The van der Waals surface area contributed by atoms with Gasteiger partial charge in [0.05, 0.1) is 0 Å². The number of H-pyrrole nitrogens is 1. The Morgan fingerprint density at radius 1 is 1.12 bits per heavy atom. The van der Waals surface area contributed by atoms with Crippen molar-refractivity contribution in [2.45, 2.75) is 31.6 Å². The summed E-state index contributed by atoms with van der Waals surface area (Å²) in [5.74, 6) is 1.69. The Balaban J connectivity index is 1.49. The second kappa shape index (κ2) is 5.76. The molecule has 0 radical (unpaired) electrons. The van der Waals surface area contributed by atoms with Crippen LogP contribution in [0.5, 0.6) is 0 Å². The summed E-state index contributed by atoms with van der Waals surface area (Å²) < 4.78 is 5.42. The fourth-order valence-corrected chi connectivity index (χ4v) is 3.15. The second-order valence-corrected chi connectivity index (χ2v) is 7.11. The molecule has 3 aromatic rings. The van der Waals surface area contributed by atoms with Crippen LogP contribution in [0.25, 0.3) is 22.3 Å². The highest BCUT2D eigenvalue weighted by Crippen LogP contribution is 2.39. The van der Waals surface area contributed by atoms with Crippen LogP contribution in [-0.2, 0) is 4.74 Å². The van der Waals surface area contributed by atoms with Gasteiger partial charge in [0.1, 0.15) is 0 Å². The van der Waals surface area contributed by atoms with Gasteiger partial charge in [-0.15, -0.1) is 0 Å². The normalized spacial score (nSPS) is 16.6. The van der Waals surface area contributed by atoms with Gasteiger partial charge in [0.25, 0.3) is 0 Å². The number of hydrogen-bond donors (Lipinski definition) is 3. The van der Waals surface area contributed by atoms with E-state index >= 15 is 0 Å². The lowest BCUT2D eigenvalue weighted by Crippen LogP contribution is -2.13. The number of nitrogens with one attached hydrogen (secondary N) is 3. The Morgan fingerprint density at radius 3 is 2.73 bits per heavy atom. The highest BCUT2D eigenvalue weighted by atomic mass is 16.5. The fourth-order valence-electron chi connectivity index (χ4n) is 3.15. The van der Waals surface area contributed by atoms with Crippen molar-refractivity contribution in [2.75, 3.05) is 0 Å². The number of ether oxygens (including phenoxy) is 1. The van der Waals surface area contributed by atoms with E-state index in [0.717, 1.165) is 35.0 Å². The van der Waals surface area contributed by atoms with Crippen LogP contribution in [0.2, 0.25) is 0 Å². The van der Waals surface area contributed by atoms with E-state index in [1.54, 1.807) is 0 Å². The molecule has 2 saturated carbocycles. The van der Waals surface area contributed by atoms with Crippen LogP contribution in [0, 0.1) is 16.7 Å². The first-order valence-electron chi connectivity index (χ1n) is 8.99. The predicted molar refractivity (Wildman–Crippen MR) is 99.7 cm³/mol. The smallest absolute Gasteiger partial charge is 0.220 e. The van der Waals surface area contributed by atoms with Gasteiger partial charge in [0.2, 0.25) is 5.90 Å². The van der Waals surface area contributed by atoms with Gasteiger partial charge in [-0.05, 0) is 49.9 Å². The molecule has 2 aromatic heterocycles. The molecule has 1 aromatic carbocycles. The summed E-state index contributed by atoms with van der Waals surface area (Å²) in [7, 11) is 0. The van der Waals surface area contributed by atoms with E-state index in [2.05, 4.69) is 9.97 Å². The van der Waals surface area contributed by atoms with Crippen molar-refractivity contribution >= 4 is 22.7 Å². The van der Waals surface area contributed by atoms with Crippen LogP contribution in [0.4, 0.5) is 0 Å². The number of fused-ring (bicyclic) bond motifs is 1. The summed E-state index contributed by atoms with van der Waals surface area (Å²) in [5.41, 5.74) is 3.65. The highest BCUT2D eigenvalue weighted by Gasteiger charge is 2.29. The maximum absolute atomic E-state index is 8.18. The van der Waals surface area contributed by atoms with Crippen LogP contribution in [0.1, 0.15) is 42.9 Å². The molecule has 0 saturated heterocycles. The van der Waals surface area contributed by atoms with E-state index in [1.165, 1.54) is 12.8 Å². The minimum Gasteiger partial charge on any atom is -0.425 e. The molecule has 2 fully saturated rings. The zero-order valence-electron chi connectivity index (χ0n) is 14.2. The Kier molecular flexibility index (Phi) is 3.38. The summed E-state index contributed by atoms with van der Waals surface area (Å²) in [4.78, 5) is 12.4. The van der Waals surface area contributed by atoms with Crippen molar-refractivity contribution < 1.29 is 4.74 Å². The van der Waals surface area contributed by atoms with Gasteiger partial charge in [0.15, 0.2) is 11.7 Å².